The summed E-state index contributed by atoms with van der Waals surface area (Å²) in [4.78, 5) is 0. The molecule has 1 heteroatoms. The molecule has 140 valence electrons. The van der Waals surface area contributed by atoms with E-state index in [-0.39, 0.29) is 0 Å². The molecule has 0 heterocycles. The van der Waals surface area contributed by atoms with Gasteiger partial charge in [0.05, 0.1) is 6.61 Å². The Morgan fingerprint density at radius 2 is 1.73 bits per heavy atom. The van der Waals surface area contributed by atoms with Crippen molar-refractivity contribution in [1.82, 2.24) is 0 Å². The van der Waals surface area contributed by atoms with Crippen LogP contribution in [0.1, 0.15) is 67.9 Å². The van der Waals surface area contributed by atoms with E-state index in [9.17, 15) is 0 Å². The number of benzene rings is 2. The Hall–Kier alpha value is -2.02. The van der Waals surface area contributed by atoms with Crippen molar-refractivity contribution in [2.24, 2.45) is 0 Å². The van der Waals surface area contributed by atoms with Gasteiger partial charge < -0.3 is 4.74 Å². The molecule has 0 aliphatic heterocycles. The van der Waals surface area contributed by atoms with Crippen LogP contribution in [0.3, 0.4) is 0 Å². The van der Waals surface area contributed by atoms with Crippen LogP contribution in [-0.4, -0.2) is 6.61 Å². The third-order valence-corrected chi connectivity index (χ3v) is 5.15. The Balaban J connectivity index is 2.23. The number of unbranched alkanes of at least 4 members (excludes halogenated alkanes) is 1. The van der Waals surface area contributed by atoms with E-state index in [1.54, 1.807) is 0 Å². The Bertz CT molecular complexity index is 720. The van der Waals surface area contributed by atoms with Gasteiger partial charge in [0.2, 0.25) is 0 Å². The van der Waals surface area contributed by atoms with E-state index in [2.05, 4.69) is 77.1 Å². The number of aryl methyl sites for hydroxylation is 3. The lowest BCUT2D eigenvalue weighted by atomic mass is 9.95. The van der Waals surface area contributed by atoms with Crippen molar-refractivity contribution in [2.45, 2.75) is 66.7 Å². The number of allylic oxidation sites excluding steroid dienone is 2. The summed E-state index contributed by atoms with van der Waals surface area (Å²) >= 11 is 0. The van der Waals surface area contributed by atoms with Crippen molar-refractivity contribution in [3.05, 3.63) is 70.3 Å². The van der Waals surface area contributed by atoms with Crippen LogP contribution in [0.5, 0.6) is 5.75 Å². The highest BCUT2D eigenvalue weighted by molar-refractivity contribution is 5.67. The molecule has 0 saturated carbocycles. The molecule has 0 N–H and O–H groups in total. The molecule has 26 heavy (non-hydrogen) atoms. The first-order valence-corrected chi connectivity index (χ1v) is 10.1. The standard InChI is InChI=1S/C25H34O/c1-6-9-17-26-25-16-14-23(18-22(25)8-3)21(7-2)13-15-24-19(4)11-10-12-20(24)5/h10-14,16,18H,6-9,15,17H2,1-5H3. The van der Waals surface area contributed by atoms with Gasteiger partial charge in [-0.1, -0.05) is 57.5 Å². The third-order valence-electron chi connectivity index (χ3n) is 5.15. The minimum Gasteiger partial charge on any atom is -0.493 e. The summed E-state index contributed by atoms with van der Waals surface area (Å²) in [6, 6.07) is 13.3. The van der Waals surface area contributed by atoms with Crippen molar-refractivity contribution in [3.63, 3.8) is 0 Å². The average molecular weight is 351 g/mol. The SMILES string of the molecule is CCCCOc1ccc(C(=CCc2c(C)cccc2C)CC)cc1CC. The lowest BCUT2D eigenvalue weighted by molar-refractivity contribution is 0.306. The molecule has 0 spiro atoms. The third kappa shape index (κ3) is 5.24. The van der Waals surface area contributed by atoms with E-state index in [1.807, 2.05) is 0 Å². The van der Waals surface area contributed by atoms with E-state index < -0.39 is 0 Å². The van der Waals surface area contributed by atoms with E-state index in [0.29, 0.717) is 0 Å². The van der Waals surface area contributed by atoms with Crippen LogP contribution >= 0.6 is 0 Å². The summed E-state index contributed by atoms with van der Waals surface area (Å²) in [7, 11) is 0. The van der Waals surface area contributed by atoms with E-state index in [0.717, 1.165) is 38.0 Å². The maximum absolute atomic E-state index is 5.98. The highest BCUT2D eigenvalue weighted by Crippen LogP contribution is 2.27. The molecule has 0 aromatic heterocycles. The normalized spacial score (nSPS) is 11.7. The van der Waals surface area contributed by atoms with E-state index in [1.165, 1.54) is 39.8 Å². The van der Waals surface area contributed by atoms with Gasteiger partial charge in [-0.15, -0.1) is 0 Å². The van der Waals surface area contributed by atoms with Crippen LogP contribution in [0.2, 0.25) is 0 Å². The van der Waals surface area contributed by atoms with Crippen LogP contribution in [0.25, 0.3) is 5.57 Å². The summed E-state index contributed by atoms with van der Waals surface area (Å²) in [5.41, 5.74) is 8.27. The van der Waals surface area contributed by atoms with Crippen molar-refractivity contribution in [2.75, 3.05) is 6.61 Å². The van der Waals surface area contributed by atoms with Crippen molar-refractivity contribution >= 4 is 5.57 Å². The first-order valence-electron chi connectivity index (χ1n) is 10.1. The molecule has 2 rings (SSSR count). The van der Waals surface area contributed by atoms with Gasteiger partial charge in [0.15, 0.2) is 0 Å². The van der Waals surface area contributed by atoms with Gasteiger partial charge in [-0.3, -0.25) is 0 Å². The van der Waals surface area contributed by atoms with Gasteiger partial charge in [0, 0.05) is 0 Å². The van der Waals surface area contributed by atoms with Gasteiger partial charge >= 0.3 is 0 Å². The van der Waals surface area contributed by atoms with Crippen molar-refractivity contribution in [3.8, 4) is 5.75 Å². The topological polar surface area (TPSA) is 9.23 Å². The zero-order chi connectivity index (χ0) is 18.9. The van der Waals surface area contributed by atoms with Crippen LogP contribution in [0.15, 0.2) is 42.5 Å². The summed E-state index contributed by atoms with van der Waals surface area (Å²) in [6.45, 7) is 11.9. The fourth-order valence-corrected chi connectivity index (χ4v) is 3.39. The molecule has 0 unspecified atom stereocenters. The second-order valence-corrected chi connectivity index (χ2v) is 7.04. The Morgan fingerprint density at radius 3 is 2.35 bits per heavy atom. The Labute approximate surface area is 160 Å². The van der Waals surface area contributed by atoms with Gasteiger partial charge in [-0.05, 0) is 85.1 Å². The first-order chi connectivity index (χ1) is 12.6. The fraction of sp³-hybridized carbons (Fsp3) is 0.440. The molecule has 0 aliphatic rings. The molecule has 1 nitrogen and oxygen atoms in total. The molecule has 0 aliphatic carbocycles. The second kappa shape index (κ2) is 10.2. The summed E-state index contributed by atoms with van der Waals surface area (Å²) < 4.78 is 5.98. The molecule has 2 aromatic carbocycles. The van der Waals surface area contributed by atoms with E-state index in [4.69, 9.17) is 4.74 Å². The lowest BCUT2D eigenvalue weighted by Crippen LogP contribution is -2.00. The first kappa shape index (κ1) is 20.3. The van der Waals surface area contributed by atoms with Gasteiger partial charge in [0.1, 0.15) is 5.75 Å². The smallest absolute Gasteiger partial charge is 0.122 e. The summed E-state index contributed by atoms with van der Waals surface area (Å²) in [5.74, 6) is 1.05. The van der Waals surface area contributed by atoms with Crippen LogP contribution in [-0.2, 0) is 12.8 Å². The molecule has 0 bridgehead atoms. The number of hydrogen-bond acceptors (Lipinski definition) is 1. The molecule has 2 aromatic rings. The van der Waals surface area contributed by atoms with E-state index >= 15 is 0 Å². The quantitative estimate of drug-likeness (QED) is 0.439. The number of rotatable bonds is 9. The molecule has 0 radical (unpaired) electrons. The predicted molar refractivity (Wildman–Crippen MR) is 114 cm³/mol. The minimum atomic E-state index is 0.811. The number of hydrogen-bond donors (Lipinski definition) is 0. The molecule has 0 amide bonds. The van der Waals surface area contributed by atoms with Crippen molar-refractivity contribution < 1.29 is 4.74 Å². The average Bonchev–Trinajstić information content (AvgIpc) is 2.65. The van der Waals surface area contributed by atoms with Crippen LogP contribution < -0.4 is 4.74 Å². The zero-order valence-corrected chi connectivity index (χ0v) is 17.2. The maximum atomic E-state index is 5.98. The van der Waals surface area contributed by atoms with Gasteiger partial charge in [-0.25, -0.2) is 0 Å². The molecular formula is C25H34O. The van der Waals surface area contributed by atoms with Crippen LogP contribution in [0.4, 0.5) is 0 Å². The van der Waals surface area contributed by atoms with Gasteiger partial charge in [0.25, 0.3) is 0 Å². The predicted octanol–water partition coefficient (Wildman–Crippen LogP) is 7.08. The largest absolute Gasteiger partial charge is 0.493 e. The summed E-state index contributed by atoms with van der Waals surface area (Å²) in [6.07, 6.45) is 7.73. The molecular weight excluding hydrogens is 316 g/mol. The Morgan fingerprint density at radius 1 is 1.00 bits per heavy atom. The highest BCUT2D eigenvalue weighted by atomic mass is 16.5. The van der Waals surface area contributed by atoms with Crippen molar-refractivity contribution in [1.29, 1.82) is 0 Å². The highest BCUT2D eigenvalue weighted by Gasteiger charge is 2.07. The molecule has 0 saturated heterocycles. The van der Waals surface area contributed by atoms with Gasteiger partial charge in [-0.2, -0.15) is 0 Å². The molecule has 0 atom stereocenters. The fourth-order valence-electron chi connectivity index (χ4n) is 3.39. The minimum absolute atomic E-state index is 0.811. The zero-order valence-electron chi connectivity index (χ0n) is 17.2. The maximum Gasteiger partial charge on any atom is 0.122 e. The molecule has 0 fully saturated rings. The number of ether oxygens (including phenoxy) is 1. The summed E-state index contributed by atoms with van der Waals surface area (Å²) in [5, 5.41) is 0. The second-order valence-electron chi connectivity index (χ2n) is 7.04. The monoisotopic (exact) mass is 350 g/mol. The van der Waals surface area contributed by atoms with Crippen LogP contribution in [0, 0.1) is 13.8 Å². The Kier molecular flexibility index (Phi) is 7.97. The lowest BCUT2D eigenvalue weighted by Gasteiger charge is -2.14.